The molecule has 1 unspecified atom stereocenters. The topological polar surface area (TPSA) is 147 Å². The van der Waals surface area contributed by atoms with Crippen LogP contribution in [0.4, 0.5) is 0 Å². The average Bonchev–Trinajstić information content (AvgIpc) is 3.55. The normalized spacial score (nSPS) is 24.4. The van der Waals surface area contributed by atoms with Gasteiger partial charge in [0.15, 0.2) is 0 Å². The number of carbonyl (C=O) groups is 4. The molecule has 3 amide bonds. The molecule has 3 aliphatic heterocycles. The molecule has 1 saturated carbocycles. The summed E-state index contributed by atoms with van der Waals surface area (Å²) in [5, 5.41) is 6.81. The summed E-state index contributed by atoms with van der Waals surface area (Å²) in [6.45, 7) is 7.15. The quantitative estimate of drug-likeness (QED) is 0.101. The second kappa shape index (κ2) is 17.0. The largest absolute Gasteiger partial charge is 0.465 e. The Kier molecular flexibility index (Phi) is 11.8. The van der Waals surface area contributed by atoms with Gasteiger partial charge in [0, 0.05) is 42.1 Å². The Labute approximate surface area is 343 Å². The molecule has 4 fully saturated rings. The smallest absolute Gasteiger partial charge is 0.323 e. The highest BCUT2D eigenvalue weighted by molar-refractivity contribution is 7.56. The van der Waals surface area contributed by atoms with E-state index in [2.05, 4.69) is 28.4 Å². The second-order valence-corrected chi connectivity index (χ2v) is 19.5. The van der Waals surface area contributed by atoms with Gasteiger partial charge in [0.1, 0.15) is 23.9 Å². The molecule has 14 heteroatoms. The summed E-state index contributed by atoms with van der Waals surface area (Å²) in [4.78, 5) is 63.5. The van der Waals surface area contributed by atoms with Crippen LogP contribution in [0.15, 0.2) is 73.1 Å². The Morgan fingerprint density at radius 1 is 1.00 bits per heavy atom. The van der Waals surface area contributed by atoms with Crippen molar-refractivity contribution in [3.05, 3.63) is 94.6 Å². The number of nitrogens with zero attached hydrogens (tertiary/aromatic N) is 3. The van der Waals surface area contributed by atoms with Gasteiger partial charge in [0.25, 0.3) is 5.91 Å². The number of thiophene rings is 1. The van der Waals surface area contributed by atoms with Crippen LogP contribution < -0.4 is 14.9 Å². The van der Waals surface area contributed by atoms with Crippen molar-refractivity contribution in [2.24, 2.45) is 11.8 Å². The molecule has 2 N–H and O–H groups in total. The lowest BCUT2D eigenvalue weighted by Gasteiger charge is -2.43. The Morgan fingerprint density at radius 3 is 2.57 bits per heavy atom. The summed E-state index contributed by atoms with van der Waals surface area (Å²) in [5.41, 5.74) is 3.16. The van der Waals surface area contributed by atoms with Crippen LogP contribution in [0.3, 0.4) is 0 Å². The van der Waals surface area contributed by atoms with E-state index in [0.29, 0.717) is 60.4 Å². The summed E-state index contributed by atoms with van der Waals surface area (Å²) >= 11 is 1.33. The number of nitrogens with one attached hydrogen (secondary N) is 2. The van der Waals surface area contributed by atoms with Gasteiger partial charge in [-0.25, -0.2) is 5.09 Å². The van der Waals surface area contributed by atoms with E-state index in [1.807, 2.05) is 53.4 Å². The Balaban J connectivity index is 0.957. The van der Waals surface area contributed by atoms with Crippen LogP contribution in [0.25, 0.3) is 10.1 Å². The lowest BCUT2D eigenvalue weighted by atomic mass is 9.88. The van der Waals surface area contributed by atoms with Gasteiger partial charge in [-0.1, -0.05) is 38.1 Å². The number of aryl methyl sites for hydroxylation is 1. The van der Waals surface area contributed by atoms with Crippen LogP contribution in [0.5, 0.6) is 5.75 Å². The van der Waals surface area contributed by atoms with Crippen molar-refractivity contribution >= 4 is 52.6 Å². The number of amides is 3. The van der Waals surface area contributed by atoms with Crippen LogP contribution in [0.2, 0.25) is 0 Å². The predicted octanol–water partition coefficient (Wildman–Crippen LogP) is 7.08. The molecule has 2 aromatic heterocycles. The van der Waals surface area contributed by atoms with Gasteiger partial charge >= 0.3 is 13.5 Å². The number of esters is 1. The van der Waals surface area contributed by atoms with Gasteiger partial charge in [-0.05, 0) is 122 Å². The van der Waals surface area contributed by atoms with E-state index in [1.54, 1.807) is 37.3 Å². The molecule has 5 heterocycles. The molecule has 58 heavy (non-hydrogen) atoms. The SMILES string of the molecule is CCCOC(=O)[C@H](C)NP(=O)(Cc1ccc2sc(C(=O)N[C@H]3C[C@H]4C[C@H]4C[C@H]4CC[C@@H](C(=O)N5CC(c6cnccc6CC)C5)N4C3=O)cc2c1)Oc1ccccc1. The van der Waals surface area contributed by atoms with Crippen LogP contribution in [-0.4, -0.2) is 82.3 Å². The molecule has 4 aromatic rings. The molecular formula is C44H52N5O7PS. The first kappa shape index (κ1) is 40.2. The molecule has 0 spiro atoms. The first-order valence-corrected chi connectivity index (χ1v) is 23.3. The van der Waals surface area contributed by atoms with E-state index in [1.165, 1.54) is 22.5 Å². The molecule has 306 valence electrons. The summed E-state index contributed by atoms with van der Waals surface area (Å²) in [7, 11) is -3.68. The molecule has 4 aliphatic rings. The minimum absolute atomic E-state index is 0.00213. The lowest BCUT2D eigenvalue weighted by molar-refractivity contribution is -0.149. The average molecular weight is 826 g/mol. The summed E-state index contributed by atoms with van der Waals surface area (Å²) in [6, 6.07) is 16.2. The molecule has 0 radical (unpaired) electrons. The first-order valence-electron chi connectivity index (χ1n) is 20.7. The highest BCUT2D eigenvalue weighted by atomic mass is 32.1. The number of benzene rings is 2. The molecule has 7 atom stereocenters. The van der Waals surface area contributed by atoms with Crippen molar-refractivity contribution in [2.75, 3.05) is 19.7 Å². The number of carbonyl (C=O) groups excluding carboxylic acids is 4. The van der Waals surface area contributed by atoms with E-state index in [9.17, 15) is 23.7 Å². The van der Waals surface area contributed by atoms with E-state index in [0.717, 1.165) is 35.8 Å². The maximum atomic E-state index is 14.4. The van der Waals surface area contributed by atoms with Gasteiger partial charge in [0.05, 0.1) is 17.6 Å². The zero-order valence-corrected chi connectivity index (χ0v) is 35.0. The van der Waals surface area contributed by atoms with Crippen molar-refractivity contribution in [3.63, 3.8) is 0 Å². The molecule has 3 saturated heterocycles. The van der Waals surface area contributed by atoms with Crippen LogP contribution in [-0.2, 0) is 36.3 Å². The number of likely N-dealkylation sites (tertiary alicyclic amines) is 1. The molecule has 2 aromatic carbocycles. The Hall–Kier alpha value is -4.58. The van der Waals surface area contributed by atoms with Crippen LogP contribution >= 0.6 is 18.9 Å². The number of ether oxygens (including phenoxy) is 1. The van der Waals surface area contributed by atoms with E-state index in [4.69, 9.17) is 9.26 Å². The van der Waals surface area contributed by atoms with Crippen LogP contribution in [0, 0.1) is 11.8 Å². The fourth-order valence-corrected chi connectivity index (χ4v) is 12.0. The highest BCUT2D eigenvalue weighted by Crippen LogP contribution is 2.50. The minimum atomic E-state index is -3.68. The van der Waals surface area contributed by atoms with Gasteiger partial charge in [-0.2, -0.15) is 0 Å². The third-order valence-electron chi connectivity index (χ3n) is 12.2. The number of pyridine rings is 1. The van der Waals surface area contributed by atoms with Gasteiger partial charge < -0.3 is 24.4 Å². The number of hydrogen-bond acceptors (Lipinski definition) is 9. The third-order valence-corrected chi connectivity index (χ3v) is 15.4. The lowest BCUT2D eigenvalue weighted by Crippen LogP contribution is -2.59. The fourth-order valence-electron chi connectivity index (χ4n) is 9.03. The van der Waals surface area contributed by atoms with E-state index < -0.39 is 31.6 Å². The standard InChI is InChI=1S/C44H52N5O7PS/c1-4-17-55-44(53)27(3)47-57(54,56-35-9-7-6-8-10-35)26-28-11-14-39-32(18-28)22-40(58-39)41(50)46-37-21-31-19-30(31)20-34-12-13-38(49(34)42(37)51)43(52)48-24-33(25-48)36-23-45-16-15-29(36)5-2/h6-11,14-16,18,22-23,27,30-31,33-34,37-38H,4-5,12-13,17,19-21,24-26H2,1-3H3,(H,46,50)(H,47,54)/t27-,30-,31+,34+,37-,38-,57?/m0/s1. The number of para-hydroxylation sites is 1. The van der Waals surface area contributed by atoms with E-state index >= 15 is 0 Å². The highest BCUT2D eigenvalue weighted by Gasteiger charge is 2.52. The number of aromatic nitrogens is 1. The molecular weight excluding hydrogens is 774 g/mol. The van der Waals surface area contributed by atoms with Crippen molar-refractivity contribution in [1.29, 1.82) is 0 Å². The molecule has 1 aliphatic carbocycles. The van der Waals surface area contributed by atoms with Crippen molar-refractivity contribution < 1.29 is 33.0 Å². The zero-order valence-electron chi connectivity index (χ0n) is 33.3. The Morgan fingerprint density at radius 2 is 1.79 bits per heavy atom. The third kappa shape index (κ3) is 8.58. The van der Waals surface area contributed by atoms with Gasteiger partial charge in [0.2, 0.25) is 11.8 Å². The summed E-state index contributed by atoms with van der Waals surface area (Å²) in [6.07, 6.45) is 9.26. The van der Waals surface area contributed by atoms with Crippen molar-refractivity contribution in [2.45, 2.75) is 102 Å². The van der Waals surface area contributed by atoms with Crippen molar-refractivity contribution in [3.8, 4) is 5.75 Å². The number of rotatable bonds is 14. The van der Waals surface area contributed by atoms with Crippen LogP contribution in [0.1, 0.15) is 91.6 Å². The zero-order chi connectivity index (χ0) is 40.6. The molecule has 12 nitrogen and oxygen atoms in total. The van der Waals surface area contributed by atoms with Gasteiger partial charge in [-0.3, -0.25) is 28.7 Å². The monoisotopic (exact) mass is 825 g/mol. The van der Waals surface area contributed by atoms with Gasteiger partial charge in [-0.15, -0.1) is 11.3 Å². The Bertz CT molecular complexity index is 2230. The molecule has 0 bridgehead atoms. The maximum absolute atomic E-state index is 14.4. The second-order valence-electron chi connectivity index (χ2n) is 16.4. The minimum Gasteiger partial charge on any atom is -0.465 e. The summed E-state index contributed by atoms with van der Waals surface area (Å²) in [5.74, 6) is 0.551. The number of fused-ring (bicyclic) bond motifs is 3. The predicted molar refractivity (Wildman–Crippen MR) is 223 cm³/mol. The first-order chi connectivity index (χ1) is 28.0. The van der Waals surface area contributed by atoms with E-state index in [-0.39, 0.29) is 42.5 Å². The number of hydrogen-bond donors (Lipinski definition) is 2. The van der Waals surface area contributed by atoms with Crippen molar-refractivity contribution in [1.82, 2.24) is 25.2 Å². The fraction of sp³-hybridized carbons (Fsp3) is 0.477. The maximum Gasteiger partial charge on any atom is 0.323 e. The molecule has 8 rings (SSSR count). The summed E-state index contributed by atoms with van der Waals surface area (Å²) < 4.78 is 26.5.